The fourth-order valence-corrected chi connectivity index (χ4v) is 12.5. The second-order valence-electron chi connectivity index (χ2n) is 16.5. The van der Waals surface area contributed by atoms with Crippen LogP contribution in [0.15, 0.2) is 109 Å². The number of amides is 3. The molecule has 57 heavy (non-hydrogen) atoms. The molecule has 4 aromatic rings. The van der Waals surface area contributed by atoms with Gasteiger partial charge in [0.2, 0.25) is 14.3 Å². The number of anilines is 3. The van der Waals surface area contributed by atoms with E-state index in [1.165, 1.54) is 0 Å². The first kappa shape index (κ1) is 39.0. The molecule has 0 unspecified atom stereocenters. The minimum atomic E-state index is -3.60. The number of benzene rings is 4. The van der Waals surface area contributed by atoms with Crippen LogP contribution in [0, 0.1) is 5.92 Å². The van der Waals surface area contributed by atoms with E-state index in [9.17, 15) is 14.7 Å². The highest BCUT2D eigenvalue weighted by Gasteiger charge is 2.67. The van der Waals surface area contributed by atoms with Crippen LogP contribution in [0.1, 0.15) is 42.9 Å². The topological polar surface area (TPSA) is 106 Å². The van der Waals surface area contributed by atoms with Crippen molar-refractivity contribution >= 4 is 43.2 Å². The van der Waals surface area contributed by atoms with Crippen molar-refractivity contribution in [2.75, 3.05) is 47.6 Å². The Kier molecular flexibility index (Phi) is 10.6. The fourth-order valence-electron chi connectivity index (χ4n) is 10.0. The molecule has 0 saturated carbocycles. The first-order chi connectivity index (χ1) is 27.5. The molecule has 3 fully saturated rings. The molecule has 2 spiro atoms. The van der Waals surface area contributed by atoms with Crippen molar-refractivity contribution < 1.29 is 28.3 Å². The van der Waals surface area contributed by atoms with E-state index in [0.717, 1.165) is 29.9 Å². The Morgan fingerprint density at radius 2 is 1.53 bits per heavy atom. The summed E-state index contributed by atoms with van der Waals surface area (Å²) in [5.74, 6) is -1.19. The van der Waals surface area contributed by atoms with Gasteiger partial charge >= 0.3 is 0 Å². The van der Waals surface area contributed by atoms with Gasteiger partial charge in [-0.2, -0.15) is 0 Å². The normalized spacial score (nSPS) is 24.2. The van der Waals surface area contributed by atoms with Crippen molar-refractivity contribution in [3.63, 3.8) is 0 Å². The van der Waals surface area contributed by atoms with Crippen LogP contribution in [-0.4, -0.2) is 80.7 Å². The molecule has 3 saturated heterocycles. The number of nitrogens with one attached hydrogen (secondary N) is 1. The lowest BCUT2D eigenvalue weighted by Crippen LogP contribution is -2.55. The Morgan fingerprint density at radius 3 is 2.16 bits per heavy atom. The number of carbonyl (C=O) groups is 3. The third kappa shape index (κ3) is 6.86. The highest BCUT2D eigenvalue weighted by atomic mass is 28.4. The molecular formula is C45H52FN5O5Si. The van der Waals surface area contributed by atoms with Crippen LogP contribution in [0.2, 0.25) is 18.6 Å². The van der Waals surface area contributed by atoms with Crippen LogP contribution in [0.4, 0.5) is 21.2 Å². The van der Waals surface area contributed by atoms with Gasteiger partial charge in [-0.25, -0.2) is 0 Å². The van der Waals surface area contributed by atoms with Gasteiger partial charge in [0.25, 0.3) is 11.8 Å². The number of carbonyl (C=O) groups excluding carboxylic acids is 3. The van der Waals surface area contributed by atoms with Gasteiger partial charge in [0.05, 0.1) is 38.0 Å². The molecule has 298 valence electrons. The maximum Gasteiger partial charge on any atom is 0.264 e. The molecule has 4 heterocycles. The maximum absolute atomic E-state index is 16.8. The zero-order chi connectivity index (χ0) is 40.0. The number of ether oxygens (including phenoxy) is 1. The third-order valence-corrected chi connectivity index (χ3v) is 15.2. The number of para-hydroxylation sites is 1. The van der Waals surface area contributed by atoms with Gasteiger partial charge < -0.3 is 34.0 Å². The Morgan fingerprint density at radius 1 is 0.895 bits per heavy atom. The summed E-state index contributed by atoms with van der Waals surface area (Å²) >= 11 is 0. The fraction of sp³-hybridized carbons (Fsp3) is 0.400. The summed E-state index contributed by atoms with van der Waals surface area (Å²) in [7, 11) is -3.60. The SMILES string of the molecule is C[C@@H]1[C@@H]([Si](C)(C)F)[C@H](CC(=O)N(CCO)Cc2ccccc2)O[C@@]12C(=O)N(Cc1ccccc1)c1ccc(N3CN(c4ccccc4)C4(CCNCC4)C3=O)cc12. The van der Waals surface area contributed by atoms with Crippen LogP contribution in [0.5, 0.6) is 0 Å². The highest BCUT2D eigenvalue weighted by Crippen LogP contribution is 2.61. The largest absolute Gasteiger partial charge is 0.395 e. The second-order valence-corrected chi connectivity index (χ2v) is 20.3. The van der Waals surface area contributed by atoms with Crippen molar-refractivity contribution in [1.29, 1.82) is 0 Å². The van der Waals surface area contributed by atoms with Gasteiger partial charge in [-0.3, -0.25) is 19.3 Å². The lowest BCUT2D eigenvalue weighted by molar-refractivity contribution is -0.150. The molecule has 0 radical (unpaired) electrons. The summed E-state index contributed by atoms with van der Waals surface area (Å²) < 4.78 is 23.8. The van der Waals surface area contributed by atoms with E-state index in [4.69, 9.17) is 4.74 Å². The Labute approximate surface area is 335 Å². The van der Waals surface area contributed by atoms with Crippen molar-refractivity contribution in [2.24, 2.45) is 5.92 Å². The molecule has 12 heteroatoms. The molecule has 0 aliphatic carbocycles. The molecule has 4 aromatic carbocycles. The molecule has 0 bridgehead atoms. The number of hydrogen-bond donors (Lipinski definition) is 2. The molecule has 4 atom stereocenters. The minimum absolute atomic E-state index is 0.00810. The van der Waals surface area contributed by atoms with E-state index in [-0.39, 0.29) is 50.4 Å². The molecule has 0 aromatic heterocycles. The monoisotopic (exact) mass is 789 g/mol. The predicted octanol–water partition coefficient (Wildman–Crippen LogP) is 6.35. The Balaban J connectivity index is 1.20. The van der Waals surface area contributed by atoms with Crippen LogP contribution in [0.3, 0.4) is 0 Å². The summed E-state index contributed by atoms with van der Waals surface area (Å²) in [4.78, 5) is 51.5. The minimum Gasteiger partial charge on any atom is -0.395 e. The number of halogens is 1. The highest BCUT2D eigenvalue weighted by molar-refractivity contribution is 6.72. The molecule has 4 aliphatic rings. The quantitative estimate of drug-likeness (QED) is 0.135. The average molecular weight is 790 g/mol. The first-order valence-corrected chi connectivity index (χ1v) is 23.1. The lowest BCUT2D eigenvalue weighted by Gasteiger charge is -2.39. The zero-order valence-electron chi connectivity index (χ0n) is 32.9. The van der Waals surface area contributed by atoms with Gasteiger partial charge in [0.1, 0.15) is 5.54 Å². The summed E-state index contributed by atoms with van der Waals surface area (Å²) in [6.45, 7) is 7.35. The van der Waals surface area contributed by atoms with Crippen molar-refractivity contribution in [3.05, 3.63) is 126 Å². The molecule has 3 amide bonds. The van der Waals surface area contributed by atoms with E-state index >= 15 is 8.90 Å². The summed E-state index contributed by atoms with van der Waals surface area (Å²) in [6.07, 6.45) is 0.271. The smallest absolute Gasteiger partial charge is 0.264 e. The maximum atomic E-state index is 16.8. The molecule has 2 N–H and O–H groups in total. The van der Waals surface area contributed by atoms with Gasteiger partial charge in [0, 0.05) is 41.5 Å². The van der Waals surface area contributed by atoms with Crippen LogP contribution >= 0.6 is 0 Å². The molecule has 4 aliphatic heterocycles. The van der Waals surface area contributed by atoms with Gasteiger partial charge in [0.15, 0.2) is 5.60 Å². The van der Waals surface area contributed by atoms with E-state index in [0.29, 0.717) is 36.4 Å². The number of fused-ring (bicyclic) bond motifs is 2. The third-order valence-electron chi connectivity index (χ3n) is 12.7. The van der Waals surface area contributed by atoms with Crippen molar-refractivity contribution in [2.45, 2.75) is 75.2 Å². The molecule has 8 rings (SSSR count). The summed E-state index contributed by atoms with van der Waals surface area (Å²) in [6, 6.07) is 35.0. The number of aliphatic hydroxyl groups is 1. The van der Waals surface area contributed by atoms with Crippen molar-refractivity contribution in [1.82, 2.24) is 10.2 Å². The second kappa shape index (κ2) is 15.5. The number of aliphatic hydroxyl groups excluding tert-OH is 1. The first-order valence-electron chi connectivity index (χ1n) is 20.1. The molecule has 10 nitrogen and oxygen atoms in total. The van der Waals surface area contributed by atoms with Crippen molar-refractivity contribution in [3.8, 4) is 0 Å². The number of piperidine rings is 1. The van der Waals surface area contributed by atoms with E-state index in [1.807, 2.05) is 121 Å². The van der Waals surface area contributed by atoms with Crippen LogP contribution in [-0.2, 0) is 37.8 Å². The van der Waals surface area contributed by atoms with E-state index in [2.05, 4.69) is 10.2 Å². The lowest BCUT2D eigenvalue weighted by atomic mass is 9.82. The van der Waals surface area contributed by atoms with Gasteiger partial charge in [-0.15, -0.1) is 0 Å². The van der Waals surface area contributed by atoms with Gasteiger partial charge in [-0.1, -0.05) is 85.8 Å². The molecular weight excluding hydrogens is 738 g/mol. The standard InChI is InChI=1S/C45H52FN5O5Si/c1-32-41(57(2,3)46)39(28-40(53)48(25-26-52)29-33-13-7-4-8-14-33)56-45(32)37-27-36(19-20-38(37)49(43(45)55)30-34-15-9-5-10-16-34)50-31-51(35-17-11-6-12-18-35)44(42(50)54)21-23-47-24-22-44/h4-20,27,32,39,41,47,52H,21-26,28-31H2,1-3H3/t32-,39+,41-,45+/m1/s1. The summed E-state index contributed by atoms with van der Waals surface area (Å²) in [5, 5.41) is 13.4. The van der Waals surface area contributed by atoms with Gasteiger partial charge in [-0.05, 0) is 80.5 Å². The Bertz CT molecular complexity index is 2100. The summed E-state index contributed by atoms with van der Waals surface area (Å²) in [5.41, 5.74) is 1.66. The van der Waals surface area contributed by atoms with E-state index < -0.39 is 37.1 Å². The zero-order valence-corrected chi connectivity index (χ0v) is 33.9. The van der Waals surface area contributed by atoms with Crippen LogP contribution in [0.25, 0.3) is 0 Å². The van der Waals surface area contributed by atoms with Crippen LogP contribution < -0.4 is 20.0 Å². The Hall–Kier alpha value is -4.88. The predicted molar refractivity (Wildman–Crippen MR) is 222 cm³/mol. The number of rotatable bonds is 11. The van der Waals surface area contributed by atoms with E-state index in [1.54, 1.807) is 22.9 Å². The number of nitrogens with zero attached hydrogens (tertiary/aromatic N) is 4. The number of hydrogen-bond acceptors (Lipinski definition) is 7. The average Bonchev–Trinajstić information content (AvgIpc) is 3.76.